The summed E-state index contributed by atoms with van der Waals surface area (Å²) in [6, 6.07) is 12.9. The maximum absolute atomic E-state index is 12.9. The van der Waals surface area contributed by atoms with Crippen molar-refractivity contribution < 1.29 is 13.9 Å². The van der Waals surface area contributed by atoms with Gasteiger partial charge in [-0.2, -0.15) is 0 Å². The van der Waals surface area contributed by atoms with Crippen LogP contribution in [0.3, 0.4) is 0 Å². The van der Waals surface area contributed by atoms with Crippen molar-refractivity contribution in [2.24, 2.45) is 0 Å². The molecule has 1 saturated heterocycles. The van der Waals surface area contributed by atoms with E-state index in [1.54, 1.807) is 19.1 Å². The Labute approximate surface area is 150 Å². The Morgan fingerprint density at radius 2 is 2.04 bits per heavy atom. The smallest absolute Gasteiger partial charge is 0.254 e. The van der Waals surface area contributed by atoms with Crippen LogP contribution < -0.4 is 0 Å². The average Bonchev–Trinajstić information content (AvgIpc) is 3.01. The highest BCUT2D eigenvalue weighted by atomic mass is 35.5. The van der Waals surface area contributed by atoms with Crippen LogP contribution in [0.5, 0.6) is 0 Å². The number of halogens is 1. The second-order valence-corrected chi connectivity index (χ2v) is 6.51. The maximum Gasteiger partial charge on any atom is 0.254 e. The number of aryl methyl sites for hydroxylation is 1. The first kappa shape index (κ1) is 16.1. The summed E-state index contributed by atoms with van der Waals surface area (Å²) in [5.41, 5.74) is 3.00. The summed E-state index contributed by atoms with van der Waals surface area (Å²) in [5.74, 6) is 0.562. The molecule has 0 N–H and O–H groups in total. The molecule has 0 saturated carbocycles. The highest BCUT2D eigenvalue weighted by Crippen LogP contribution is 2.25. The monoisotopic (exact) mass is 356 g/mol. The third kappa shape index (κ3) is 3.25. The summed E-state index contributed by atoms with van der Waals surface area (Å²) in [5, 5.41) is 0.683. The minimum absolute atomic E-state index is 0.0294. The number of fused-ring (bicyclic) bond motifs is 1. The number of carbonyl (C=O) groups is 1. The predicted octanol–water partition coefficient (Wildman–Crippen LogP) is 4.00. The Balaban J connectivity index is 1.55. The minimum atomic E-state index is -0.147. The number of ether oxygens (including phenoxy) is 1. The van der Waals surface area contributed by atoms with Gasteiger partial charge >= 0.3 is 0 Å². The van der Waals surface area contributed by atoms with Gasteiger partial charge in [-0.05, 0) is 35.9 Å². The van der Waals surface area contributed by atoms with Crippen LogP contribution >= 0.6 is 11.6 Å². The van der Waals surface area contributed by atoms with Gasteiger partial charge in [0.15, 0.2) is 11.5 Å². The molecule has 2 aromatic carbocycles. The van der Waals surface area contributed by atoms with E-state index in [0.29, 0.717) is 41.8 Å². The summed E-state index contributed by atoms with van der Waals surface area (Å²) in [4.78, 5) is 18.9. The van der Waals surface area contributed by atoms with Crippen LogP contribution in [-0.4, -0.2) is 35.5 Å². The first-order chi connectivity index (χ1) is 12.1. The van der Waals surface area contributed by atoms with Gasteiger partial charge in [0.25, 0.3) is 5.91 Å². The highest BCUT2D eigenvalue weighted by Gasteiger charge is 2.26. The number of amides is 1. The molecule has 3 aromatic rings. The molecule has 1 amide bonds. The van der Waals surface area contributed by atoms with E-state index in [0.717, 1.165) is 11.1 Å². The summed E-state index contributed by atoms with van der Waals surface area (Å²) >= 11 is 5.94. The van der Waals surface area contributed by atoms with Crippen LogP contribution in [0, 0.1) is 6.92 Å². The van der Waals surface area contributed by atoms with E-state index in [1.165, 1.54) is 0 Å². The zero-order valence-corrected chi connectivity index (χ0v) is 14.5. The fraction of sp³-hybridized carbons (Fsp3) is 0.263. The van der Waals surface area contributed by atoms with Crippen molar-refractivity contribution in [2.75, 3.05) is 19.7 Å². The van der Waals surface area contributed by atoms with Crippen LogP contribution in [0.2, 0.25) is 5.02 Å². The highest BCUT2D eigenvalue weighted by molar-refractivity contribution is 6.30. The third-order valence-corrected chi connectivity index (χ3v) is 4.59. The van der Waals surface area contributed by atoms with E-state index in [4.69, 9.17) is 20.8 Å². The molecule has 0 bridgehead atoms. The molecule has 6 heteroatoms. The lowest BCUT2D eigenvalue weighted by molar-refractivity contribution is -0.0228. The van der Waals surface area contributed by atoms with Crippen LogP contribution in [-0.2, 0) is 4.74 Å². The number of morpholine rings is 1. The van der Waals surface area contributed by atoms with Gasteiger partial charge < -0.3 is 14.1 Å². The van der Waals surface area contributed by atoms with Gasteiger partial charge in [0.1, 0.15) is 11.6 Å². The molecule has 1 aliphatic rings. The van der Waals surface area contributed by atoms with Crippen LogP contribution in [0.25, 0.3) is 11.1 Å². The first-order valence-electron chi connectivity index (χ1n) is 8.14. The number of oxazole rings is 1. The third-order valence-electron chi connectivity index (χ3n) is 4.34. The fourth-order valence-electron chi connectivity index (χ4n) is 3.07. The topological polar surface area (TPSA) is 55.6 Å². The molecule has 1 atom stereocenters. The molecule has 128 valence electrons. The van der Waals surface area contributed by atoms with E-state index in [1.807, 2.05) is 35.2 Å². The Morgan fingerprint density at radius 1 is 1.24 bits per heavy atom. The Morgan fingerprint density at radius 3 is 2.84 bits per heavy atom. The molecule has 1 aliphatic heterocycles. The SMILES string of the molecule is Cc1nc2ccc(C(=O)N3CCO[C@H](c4ccc(Cl)cc4)C3)cc2o1. The van der Waals surface area contributed by atoms with Crippen molar-refractivity contribution in [1.82, 2.24) is 9.88 Å². The second kappa shape index (κ2) is 6.50. The number of hydrogen-bond donors (Lipinski definition) is 0. The van der Waals surface area contributed by atoms with Crippen LogP contribution in [0.15, 0.2) is 46.9 Å². The quantitative estimate of drug-likeness (QED) is 0.696. The Hall–Kier alpha value is -2.37. The van der Waals surface area contributed by atoms with Gasteiger partial charge in [-0.25, -0.2) is 4.98 Å². The number of aromatic nitrogens is 1. The Kier molecular flexibility index (Phi) is 4.19. The summed E-state index contributed by atoms with van der Waals surface area (Å²) in [6.07, 6.45) is -0.147. The Bertz CT molecular complexity index is 920. The summed E-state index contributed by atoms with van der Waals surface area (Å²) < 4.78 is 11.4. The lowest BCUT2D eigenvalue weighted by atomic mass is 10.1. The number of nitrogens with zero attached hydrogens (tertiary/aromatic N) is 2. The molecule has 5 nitrogen and oxygen atoms in total. The van der Waals surface area contributed by atoms with Crippen LogP contribution in [0.1, 0.15) is 27.9 Å². The fourth-order valence-corrected chi connectivity index (χ4v) is 3.19. The molecule has 25 heavy (non-hydrogen) atoms. The van der Waals surface area contributed by atoms with Crippen LogP contribution in [0.4, 0.5) is 0 Å². The molecule has 1 aromatic heterocycles. The standard InChI is InChI=1S/C19H17ClN2O3/c1-12-21-16-7-4-14(10-17(16)25-12)19(23)22-8-9-24-18(11-22)13-2-5-15(20)6-3-13/h2-7,10,18H,8-9,11H2,1H3/t18-/m0/s1. The van der Waals surface area contributed by atoms with E-state index in [9.17, 15) is 4.79 Å². The van der Waals surface area contributed by atoms with Gasteiger partial charge in [-0.3, -0.25) is 4.79 Å². The lowest BCUT2D eigenvalue weighted by Crippen LogP contribution is -2.42. The average molecular weight is 357 g/mol. The molecule has 0 radical (unpaired) electrons. The number of carbonyl (C=O) groups excluding carboxylic acids is 1. The van der Waals surface area contributed by atoms with Crippen molar-refractivity contribution in [3.63, 3.8) is 0 Å². The molecule has 1 fully saturated rings. The lowest BCUT2D eigenvalue weighted by Gasteiger charge is -2.33. The van der Waals surface area contributed by atoms with Crippen molar-refractivity contribution in [3.8, 4) is 0 Å². The number of rotatable bonds is 2. The summed E-state index contributed by atoms with van der Waals surface area (Å²) in [7, 11) is 0. The van der Waals surface area contributed by atoms with Gasteiger partial charge in [-0.1, -0.05) is 23.7 Å². The van der Waals surface area contributed by atoms with Crippen molar-refractivity contribution >= 4 is 28.6 Å². The number of hydrogen-bond acceptors (Lipinski definition) is 4. The molecule has 0 unspecified atom stereocenters. The van der Waals surface area contributed by atoms with Gasteiger partial charge in [-0.15, -0.1) is 0 Å². The number of benzene rings is 2. The van der Waals surface area contributed by atoms with Crippen molar-refractivity contribution in [2.45, 2.75) is 13.0 Å². The predicted molar refractivity (Wildman–Crippen MR) is 94.8 cm³/mol. The summed E-state index contributed by atoms with van der Waals surface area (Å²) in [6.45, 7) is 3.37. The zero-order chi connectivity index (χ0) is 17.4. The van der Waals surface area contributed by atoms with E-state index < -0.39 is 0 Å². The normalized spacial score (nSPS) is 17.8. The molecular formula is C19H17ClN2O3. The molecule has 4 rings (SSSR count). The molecule has 0 aliphatic carbocycles. The van der Waals surface area contributed by atoms with Gasteiger partial charge in [0.2, 0.25) is 0 Å². The van der Waals surface area contributed by atoms with Gasteiger partial charge in [0, 0.05) is 24.1 Å². The molecular weight excluding hydrogens is 340 g/mol. The largest absolute Gasteiger partial charge is 0.441 e. The van der Waals surface area contributed by atoms with E-state index >= 15 is 0 Å². The molecule has 0 spiro atoms. The van der Waals surface area contributed by atoms with E-state index in [-0.39, 0.29) is 12.0 Å². The first-order valence-corrected chi connectivity index (χ1v) is 8.51. The maximum atomic E-state index is 12.9. The van der Waals surface area contributed by atoms with Crippen molar-refractivity contribution in [3.05, 3.63) is 64.5 Å². The zero-order valence-electron chi connectivity index (χ0n) is 13.7. The van der Waals surface area contributed by atoms with E-state index in [2.05, 4.69) is 4.98 Å². The minimum Gasteiger partial charge on any atom is -0.441 e. The molecule has 2 heterocycles. The van der Waals surface area contributed by atoms with Gasteiger partial charge in [0.05, 0.1) is 13.2 Å². The second-order valence-electron chi connectivity index (χ2n) is 6.08. The van der Waals surface area contributed by atoms with Crippen molar-refractivity contribution in [1.29, 1.82) is 0 Å².